The molecule has 0 aliphatic rings. The van der Waals surface area contributed by atoms with Gasteiger partial charge >= 0.3 is 5.97 Å². The standard InChI is InChI=1S/C13H13FN2O2S/c1-3-16(10-7-5-4-6-9(10)14)13-15-8-11(19-13)12(17)18-2/h4-8H,3H2,1-2H3. The molecule has 0 bridgehead atoms. The van der Waals surface area contributed by atoms with Crippen molar-refractivity contribution in [1.29, 1.82) is 0 Å². The topological polar surface area (TPSA) is 42.4 Å². The lowest BCUT2D eigenvalue weighted by atomic mass is 10.3. The van der Waals surface area contributed by atoms with E-state index < -0.39 is 5.97 Å². The van der Waals surface area contributed by atoms with E-state index in [1.807, 2.05) is 6.92 Å². The van der Waals surface area contributed by atoms with Gasteiger partial charge in [0.05, 0.1) is 19.0 Å². The van der Waals surface area contributed by atoms with Crippen molar-refractivity contribution in [1.82, 2.24) is 4.98 Å². The molecule has 19 heavy (non-hydrogen) atoms. The molecule has 0 saturated carbocycles. The summed E-state index contributed by atoms with van der Waals surface area (Å²) >= 11 is 1.18. The van der Waals surface area contributed by atoms with Gasteiger partial charge in [-0.05, 0) is 19.1 Å². The predicted molar refractivity (Wildman–Crippen MR) is 72.5 cm³/mol. The molecule has 0 aliphatic carbocycles. The van der Waals surface area contributed by atoms with Gasteiger partial charge in [-0.3, -0.25) is 0 Å². The first-order valence-corrected chi connectivity index (χ1v) is 6.55. The van der Waals surface area contributed by atoms with Crippen molar-refractivity contribution in [3.05, 3.63) is 41.2 Å². The number of thiazole rings is 1. The van der Waals surface area contributed by atoms with Crippen molar-refractivity contribution in [2.75, 3.05) is 18.6 Å². The molecule has 1 aromatic carbocycles. The maximum absolute atomic E-state index is 13.8. The SMILES string of the molecule is CCN(c1ncc(C(=O)OC)s1)c1ccccc1F. The van der Waals surface area contributed by atoms with Crippen molar-refractivity contribution >= 4 is 28.1 Å². The number of benzene rings is 1. The van der Waals surface area contributed by atoms with Gasteiger partial charge in [0, 0.05) is 6.54 Å². The maximum atomic E-state index is 13.8. The minimum absolute atomic E-state index is 0.320. The number of methoxy groups -OCH3 is 1. The molecule has 1 heterocycles. The van der Waals surface area contributed by atoms with Crippen molar-refractivity contribution in [2.24, 2.45) is 0 Å². The lowest BCUT2D eigenvalue weighted by Crippen LogP contribution is -2.16. The lowest BCUT2D eigenvalue weighted by molar-refractivity contribution is 0.0606. The first kappa shape index (κ1) is 13.5. The number of aromatic nitrogens is 1. The highest BCUT2D eigenvalue weighted by molar-refractivity contribution is 7.17. The molecule has 0 unspecified atom stereocenters. The maximum Gasteiger partial charge on any atom is 0.349 e. The second-order valence-electron chi connectivity index (χ2n) is 3.69. The van der Waals surface area contributed by atoms with E-state index in [4.69, 9.17) is 0 Å². The van der Waals surface area contributed by atoms with E-state index in [9.17, 15) is 9.18 Å². The van der Waals surface area contributed by atoms with E-state index in [1.54, 1.807) is 23.1 Å². The monoisotopic (exact) mass is 280 g/mol. The van der Waals surface area contributed by atoms with Gasteiger partial charge in [-0.15, -0.1) is 0 Å². The Morgan fingerprint density at radius 1 is 1.47 bits per heavy atom. The fourth-order valence-corrected chi connectivity index (χ4v) is 2.58. The van der Waals surface area contributed by atoms with Crippen LogP contribution in [0.2, 0.25) is 0 Å². The summed E-state index contributed by atoms with van der Waals surface area (Å²) in [5.74, 6) is -0.757. The number of carbonyl (C=O) groups excluding carboxylic acids is 1. The summed E-state index contributed by atoms with van der Waals surface area (Å²) < 4.78 is 18.4. The second-order valence-corrected chi connectivity index (χ2v) is 4.70. The zero-order chi connectivity index (χ0) is 13.8. The Balaban J connectivity index is 2.35. The number of hydrogen-bond acceptors (Lipinski definition) is 5. The smallest absolute Gasteiger partial charge is 0.349 e. The molecule has 0 N–H and O–H groups in total. The zero-order valence-electron chi connectivity index (χ0n) is 10.6. The molecule has 0 aliphatic heterocycles. The average Bonchev–Trinajstić information content (AvgIpc) is 2.90. The third kappa shape index (κ3) is 2.73. The number of anilines is 2. The van der Waals surface area contributed by atoms with Crippen molar-refractivity contribution in [3.8, 4) is 0 Å². The highest BCUT2D eigenvalue weighted by Gasteiger charge is 2.17. The summed E-state index contributed by atoms with van der Waals surface area (Å²) in [5, 5.41) is 0.563. The zero-order valence-corrected chi connectivity index (χ0v) is 11.4. The number of nitrogens with zero attached hydrogens (tertiary/aromatic N) is 2. The van der Waals surface area contributed by atoms with Gasteiger partial charge in [-0.25, -0.2) is 14.2 Å². The number of carbonyl (C=O) groups is 1. The minimum Gasteiger partial charge on any atom is -0.465 e. The normalized spacial score (nSPS) is 10.3. The third-order valence-corrected chi connectivity index (χ3v) is 3.57. The van der Waals surface area contributed by atoms with Gasteiger partial charge in [0.15, 0.2) is 5.13 Å². The van der Waals surface area contributed by atoms with Crippen molar-refractivity contribution < 1.29 is 13.9 Å². The van der Waals surface area contributed by atoms with Gasteiger partial charge in [0.25, 0.3) is 0 Å². The van der Waals surface area contributed by atoms with Crippen LogP contribution in [0.25, 0.3) is 0 Å². The Hall–Kier alpha value is -1.95. The summed E-state index contributed by atoms with van der Waals surface area (Å²) in [7, 11) is 1.32. The molecule has 0 radical (unpaired) electrons. The highest BCUT2D eigenvalue weighted by atomic mass is 32.1. The Bertz CT molecular complexity index is 586. The number of esters is 1. The first-order valence-electron chi connectivity index (χ1n) is 5.73. The van der Waals surface area contributed by atoms with E-state index in [0.717, 1.165) is 0 Å². The average molecular weight is 280 g/mol. The van der Waals surface area contributed by atoms with Crippen molar-refractivity contribution in [3.63, 3.8) is 0 Å². The molecule has 0 saturated heterocycles. The largest absolute Gasteiger partial charge is 0.465 e. The summed E-state index contributed by atoms with van der Waals surface area (Å²) in [6, 6.07) is 6.47. The fourth-order valence-electron chi connectivity index (χ4n) is 1.66. The van der Waals surface area contributed by atoms with E-state index >= 15 is 0 Å². The molecule has 0 spiro atoms. The van der Waals surface area contributed by atoms with Gasteiger partial charge in [-0.1, -0.05) is 23.5 Å². The molecule has 4 nitrogen and oxygen atoms in total. The molecule has 0 atom stereocenters. The fraction of sp³-hybridized carbons (Fsp3) is 0.231. The molecule has 0 fully saturated rings. The molecular formula is C13H13FN2O2S. The van der Waals surface area contributed by atoms with Crippen LogP contribution in [0.3, 0.4) is 0 Å². The summed E-state index contributed by atoms with van der Waals surface area (Å²) in [5.41, 5.74) is 0.441. The summed E-state index contributed by atoms with van der Waals surface area (Å²) in [4.78, 5) is 17.7. The number of rotatable bonds is 4. The van der Waals surface area contributed by atoms with Crippen LogP contribution in [0.15, 0.2) is 30.5 Å². The number of ether oxygens (including phenoxy) is 1. The molecule has 1 aromatic heterocycles. The van der Waals surface area contributed by atoms with Crippen molar-refractivity contribution in [2.45, 2.75) is 6.92 Å². The second kappa shape index (κ2) is 5.79. The van der Waals surface area contributed by atoms with E-state index in [1.165, 1.54) is 30.7 Å². The van der Waals surface area contributed by atoms with Crippen LogP contribution >= 0.6 is 11.3 Å². The quantitative estimate of drug-likeness (QED) is 0.806. The van der Waals surface area contributed by atoms with Crippen LogP contribution in [0.5, 0.6) is 0 Å². The Kier molecular flexibility index (Phi) is 4.11. The summed E-state index contributed by atoms with van der Waals surface area (Å²) in [6.45, 7) is 2.45. The van der Waals surface area contributed by atoms with Crippen LogP contribution in [-0.4, -0.2) is 24.6 Å². The molecule has 2 rings (SSSR count). The molecular weight excluding hydrogens is 267 g/mol. The minimum atomic E-state index is -0.437. The lowest BCUT2D eigenvalue weighted by Gasteiger charge is -2.20. The highest BCUT2D eigenvalue weighted by Crippen LogP contribution is 2.31. The van der Waals surface area contributed by atoms with E-state index in [2.05, 4.69) is 9.72 Å². The molecule has 2 aromatic rings. The van der Waals surface area contributed by atoms with E-state index in [-0.39, 0.29) is 5.82 Å². The van der Waals surface area contributed by atoms with Gasteiger partial charge in [0.1, 0.15) is 10.7 Å². The first-order chi connectivity index (χ1) is 9.17. The van der Waals surface area contributed by atoms with Gasteiger partial charge in [0.2, 0.25) is 0 Å². The van der Waals surface area contributed by atoms with Crippen LogP contribution in [-0.2, 0) is 4.74 Å². The molecule has 6 heteroatoms. The Morgan fingerprint density at radius 2 is 2.21 bits per heavy atom. The third-order valence-electron chi connectivity index (χ3n) is 2.57. The van der Waals surface area contributed by atoms with Crippen LogP contribution in [0.4, 0.5) is 15.2 Å². The number of hydrogen-bond donors (Lipinski definition) is 0. The van der Waals surface area contributed by atoms with Crippen LogP contribution < -0.4 is 4.90 Å². The van der Waals surface area contributed by atoms with E-state index in [0.29, 0.717) is 22.2 Å². The van der Waals surface area contributed by atoms with Gasteiger partial charge < -0.3 is 9.64 Å². The number of para-hydroxylation sites is 1. The molecule has 100 valence electrons. The predicted octanol–water partition coefficient (Wildman–Crippen LogP) is 3.23. The Labute approximate surface area is 114 Å². The number of halogens is 1. The summed E-state index contributed by atoms with van der Waals surface area (Å²) in [6.07, 6.45) is 1.44. The Morgan fingerprint density at radius 3 is 2.84 bits per heavy atom. The van der Waals surface area contributed by atoms with Crippen LogP contribution in [0.1, 0.15) is 16.6 Å². The molecule has 0 amide bonds. The van der Waals surface area contributed by atoms with Crippen LogP contribution in [0, 0.1) is 5.82 Å². The van der Waals surface area contributed by atoms with Gasteiger partial charge in [-0.2, -0.15) is 0 Å².